The first kappa shape index (κ1) is 15.4. The molecule has 3 nitrogen and oxygen atoms in total. The molecule has 4 heteroatoms. The Morgan fingerprint density at radius 3 is 2.60 bits per heavy atom. The molecule has 110 valence electrons. The maximum Gasteiger partial charge on any atom is 0.241 e. The summed E-state index contributed by atoms with van der Waals surface area (Å²) < 4.78 is 0. The van der Waals surface area contributed by atoms with Crippen molar-refractivity contribution < 1.29 is 4.79 Å². The molecule has 20 heavy (non-hydrogen) atoms. The van der Waals surface area contributed by atoms with Crippen molar-refractivity contribution in [3.8, 4) is 0 Å². The zero-order valence-electron chi connectivity index (χ0n) is 12.3. The van der Waals surface area contributed by atoms with Crippen molar-refractivity contribution in [1.29, 1.82) is 0 Å². The standard InChI is InChI=1S/C16H24N2OS/c1-11-7-9-12(10-8-11)15(17)16(19)18-13-5-3-4-6-14(13)20-2/h7-10,13-15H,3-6,17H2,1-2H3,(H,18,19). The van der Waals surface area contributed by atoms with Gasteiger partial charge >= 0.3 is 0 Å². The third-order valence-electron chi connectivity index (χ3n) is 4.05. The summed E-state index contributed by atoms with van der Waals surface area (Å²) in [5.41, 5.74) is 8.13. The van der Waals surface area contributed by atoms with Crippen LogP contribution in [0, 0.1) is 6.92 Å². The van der Waals surface area contributed by atoms with Crippen molar-refractivity contribution in [2.24, 2.45) is 5.73 Å². The summed E-state index contributed by atoms with van der Waals surface area (Å²) in [6.07, 6.45) is 6.84. The maximum atomic E-state index is 12.3. The molecule has 2 rings (SSSR count). The fourth-order valence-electron chi connectivity index (χ4n) is 2.74. The van der Waals surface area contributed by atoms with Gasteiger partial charge in [-0.2, -0.15) is 11.8 Å². The van der Waals surface area contributed by atoms with Gasteiger partial charge in [-0.15, -0.1) is 0 Å². The third-order valence-corrected chi connectivity index (χ3v) is 5.22. The minimum Gasteiger partial charge on any atom is -0.351 e. The van der Waals surface area contributed by atoms with E-state index >= 15 is 0 Å². The lowest BCUT2D eigenvalue weighted by atomic mass is 9.94. The minimum absolute atomic E-state index is 0.0557. The second-order valence-corrected chi connectivity index (χ2v) is 6.64. The lowest BCUT2D eigenvalue weighted by Gasteiger charge is -2.31. The summed E-state index contributed by atoms with van der Waals surface area (Å²) >= 11 is 1.85. The van der Waals surface area contributed by atoms with Crippen LogP contribution in [0.5, 0.6) is 0 Å². The summed E-state index contributed by atoms with van der Waals surface area (Å²) in [4.78, 5) is 12.3. The molecule has 1 amide bonds. The van der Waals surface area contributed by atoms with E-state index in [4.69, 9.17) is 5.73 Å². The smallest absolute Gasteiger partial charge is 0.241 e. The quantitative estimate of drug-likeness (QED) is 0.897. The number of amides is 1. The predicted molar refractivity (Wildman–Crippen MR) is 85.8 cm³/mol. The van der Waals surface area contributed by atoms with E-state index in [0.29, 0.717) is 5.25 Å². The first-order valence-electron chi connectivity index (χ1n) is 7.27. The number of carbonyl (C=O) groups is 1. The van der Waals surface area contributed by atoms with Gasteiger partial charge in [0.1, 0.15) is 6.04 Å². The molecule has 3 N–H and O–H groups in total. The number of hydrogen-bond donors (Lipinski definition) is 2. The second kappa shape index (κ2) is 7.14. The molecule has 1 aromatic carbocycles. The molecule has 3 unspecified atom stereocenters. The molecule has 0 aromatic heterocycles. The highest BCUT2D eigenvalue weighted by atomic mass is 32.2. The summed E-state index contributed by atoms with van der Waals surface area (Å²) in [7, 11) is 0. The Morgan fingerprint density at radius 2 is 1.95 bits per heavy atom. The fourth-order valence-corrected chi connectivity index (χ4v) is 3.68. The molecule has 0 radical (unpaired) electrons. The summed E-state index contributed by atoms with van der Waals surface area (Å²) in [6, 6.07) is 7.56. The summed E-state index contributed by atoms with van der Waals surface area (Å²) in [6.45, 7) is 2.03. The Kier molecular flexibility index (Phi) is 5.49. The van der Waals surface area contributed by atoms with Crippen molar-refractivity contribution in [1.82, 2.24) is 5.32 Å². The summed E-state index contributed by atoms with van der Waals surface area (Å²) in [5, 5.41) is 3.67. The largest absolute Gasteiger partial charge is 0.351 e. The van der Waals surface area contributed by atoms with E-state index in [1.54, 1.807) is 0 Å². The van der Waals surface area contributed by atoms with Crippen LogP contribution in [0.15, 0.2) is 24.3 Å². The highest BCUT2D eigenvalue weighted by molar-refractivity contribution is 7.99. The van der Waals surface area contributed by atoms with Gasteiger partial charge in [0.05, 0.1) is 0 Å². The van der Waals surface area contributed by atoms with Crippen LogP contribution >= 0.6 is 11.8 Å². The number of nitrogens with two attached hydrogens (primary N) is 1. The molecule has 1 saturated carbocycles. The third kappa shape index (κ3) is 3.76. The van der Waals surface area contributed by atoms with E-state index < -0.39 is 6.04 Å². The number of benzene rings is 1. The van der Waals surface area contributed by atoms with Gasteiger partial charge in [-0.25, -0.2) is 0 Å². The molecule has 3 atom stereocenters. The van der Waals surface area contributed by atoms with E-state index in [1.807, 2.05) is 43.0 Å². The first-order chi connectivity index (χ1) is 9.61. The van der Waals surface area contributed by atoms with Crippen LogP contribution < -0.4 is 11.1 Å². The molecule has 0 bridgehead atoms. The Bertz CT molecular complexity index is 446. The van der Waals surface area contributed by atoms with Crippen molar-refractivity contribution in [3.05, 3.63) is 35.4 Å². The van der Waals surface area contributed by atoms with E-state index in [2.05, 4.69) is 11.6 Å². The van der Waals surface area contributed by atoms with Crippen molar-refractivity contribution in [2.75, 3.05) is 6.26 Å². The Balaban J connectivity index is 1.98. The SMILES string of the molecule is CSC1CCCCC1NC(=O)C(N)c1ccc(C)cc1. The molecule has 0 heterocycles. The average molecular weight is 292 g/mol. The number of nitrogens with one attached hydrogen (secondary N) is 1. The van der Waals surface area contributed by atoms with Crippen LogP contribution in [0.3, 0.4) is 0 Å². The monoisotopic (exact) mass is 292 g/mol. The number of carbonyl (C=O) groups excluding carboxylic acids is 1. The van der Waals surface area contributed by atoms with Crippen LogP contribution in [0.4, 0.5) is 0 Å². The molecular formula is C16H24N2OS. The van der Waals surface area contributed by atoms with Crippen molar-refractivity contribution >= 4 is 17.7 Å². The van der Waals surface area contributed by atoms with Gasteiger partial charge in [0, 0.05) is 11.3 Å². The normalized spacial score (nSPS) is 24.1. The number of aryl methyl sites for hydroxylation is 1. The van der Waals surface area contributed by atoms with Gasteiger partial charge in [-0.3, -0.25) is 4.79 Å². The van der Waals surface area contributed by atoms with Crippen LogP contribution in [0.1, 0.15) is 42.9 Å². The first-order valence-corrected chi connectivity index (χ1v) is 8.56. The zero-order valence-corrected chi connectivity index (χ0v) is 13.1. The molecule has 1 aromatic rings. The van der Waals surface area contributed by atoms with E-state index in [0.717, 1.165) is 12.0 Å². The average Bonchev–Trinajstić information content (AvgIpc) is 2.48. The molecule has 0 aliphatic heterocycles. The van der Waals surface area contributed by atoms with E-state index in [1.165, 1.54) is 24.8 Å². The fraction of sp³-hybridized carbons (Fsp3) is 0.562. The molecule has 1 aliphatic carbocycles. The predicted octanol–water partition coefficient (Wildman–Crippen LogP) is 2.79. The molecule has 0 spiro atoms. The Morgan fingerprint density at radius 1 is 1.30 bits per heavy atom. The Hall–Kier alpha value is -1.00. The van der Waals surface area contributed by atoms with Crippen molar-refractivity contribution in [3.63, 3.8) is 0 Å². The minimum atomic E-state index is -0.569. The summed E-state index contributed by atoms with van der Waals surface area (Å²) in [5.74, 6) is -0.0557. The molecule has 1 fully saturated rings. The zero-order chi connectivity index (χ0) is 14.5. The van der Waals surface area contributed by atoms with Gasteiger partial charge in [0.2, 0.25) is 5.91 Å². The van der Waals surface area contributed by atoms with Crippen LogP contribution in [0.25, 0.3) is 0 Å². The van der Waals surface area contributed by atoms with Gasteiger partial charge in [0.15, 0.2) is 0 Å². The molecule has 0 saturated heterocycles. The van der Waals surface area contributed by atoms with Gasteiger partial charge in [-0.05, 0) is 31.6 Å². The lowest BCUT2D eigenvalue weighted by Crippen LogP contribution is -2.47. The van der Waals surface area contributed by atoms with E-state index in [9.17, 15) is 4.79 Å². The van der Waals surface area contributed by atoms with Crippen LogP contribution in [0.2, 0.25) is 0 Å². The van der Waals surface area contributed by atoms with Crippen molar-refractivity contribution in [2.45, 2.75) is 49.9 Å². The van der Waals surface area contributed by atoms with Crippen LogP contribution in [-0.4, -0.2) is 23.5 Å². The highest BCUT2D eigenvalue weighted by Crippen LogP contribution is 2.27. The molecule has 1 aliphatic rings. The van der Waals surface area contributed by atoms with Gasteiger partial charge in [0.25, 0.3) is 0 Å². The lowest BCUT2D eigenvalue weighted by molar-refractivity contribution is -0.123. The van der Waals surface area contributed by atoms with E-state index in [-0.39, 0.29) is 11.9 Å². The van der Waals surface area contributed by atoms with Gasteiger partial charge < -0.3 is 11.1 Å². The molecular weight excluding hydrogens is 268 g/mol. The number of thioether (sulfide) groups is 1. The Labute approximate surface area is 125 Å². The number of rotatable bonds is 4. The second-order valence-electron chi connectivity index (χ2n) is 5.56. The van der Waals surface area contributed by atoms with Gasteiger partial charge in [-0.1, -0.05) is 42.7 Å². The maximum absolute atomic E-state index is 12.3. The topological polar surface area (TPSA) is 55.1 Å². The number of hydrogen-bond acceptors (Lipinski definition) is 3. The highest BCUT2D eigenvalue weighted by Gasteiger charge is 2.27. The van der Waals surface area contributed by atoms with Crippen LogP contribution in [-0.2, 0) is 4.79 Å².